The number of hydrogen-bond donors (Lipinski definition) is 2. The molecule has 1 aromatic carbocycles. The molecular formula is C14H18FNO2. The van der Waals surface area contributed by atoms with Crippen LogP contribution in [0.5, 0.6) is 0 Å². The van der Waals surface area contributed by atoms with Gasteiger partial charge in [-0.3, -0.25) is 0 Å². The molecule has 0 spiro atoms. The van der Waals surface area contributed by atoms with Crippen LogP contribution >= 0.6 is 0 Å². The highest BCUT2D eigenvalue weighted by molar-refractivity contribution is 5.88. The molecule has 0 aliphatic carbocycles. The Morgan fingerprint density at radius 3 is 2.94 bits per heavy atom. The number of nitrogens with one attached hydrogen (secondary N) is 1. The van der Waals surface area contributed by atoms with Crippen molar-refractivity contribution in [1.29, 1.82) is 0 Å². The third-order valence-corrected chi connectivity index (χ3v) is 3.56. The molecule has 0 amide bonds. The number of benzene rings is 1. The largest absolute Gasteiger partial charge is 0.478 e. The number of hydrogen-bond acceptors (Lipinski definition) is 2. The lowest BCUT2D eigenvalue weighted by atomic mass is 9.89. The van der Waals surface area contributed by atoms with Crippen molar-refractivity contribution in [2.75, 3.05) is 13.1 Å². The van der Waals surface area contributed by atoms with Crippen molar-refractivity contribution in [2.45, 2.75) is 26.2 Å². The van der Waals surface area contributed by atoms with Crippen LogP contribution in [0.15, 0.2) is 12.1 Å². The maximum absolute atomic E-state index is 13.5. The van der Waals surface area contributed by atoms with Gasteiger partial charge in [0, 0.05) is 0 Å². The van der Waals surface area contributed by atoms with Gasteiger partial charge in [-0.05, 0) is 68.5 Å². The van der Waals surface area contributed by atoms with Crippen LogP contribution in [-0.2, 0) is 6.42 Å². The second kappa shape index (κ2) is 5.48. The zero-order valence-corrected chi connectivity index (χ0v) is 10.5. The molecule has 1 fully saturated rings. The summed E-state index contributed by atoms with van der Waals surface area (Å²) in [4.78, 5) is 10.9. The van der Waals surface area contributed by atoms with Crippen LogP contribution in [0.25, 0.3) is 0 Å². The third kappa shape index (κ3) is 2.88. The first-order chi connectivity index (χ1) is 8.58. The fourth-order valence-electron chi connectivity index (χ4n) is 2.51. The van der Waals surface area contributed by atoms with E-state index >= 15 is 0 Å². The van der Waals surface area contributed by atoms with Crippen LogP contribution in [0.4, 0.5) is 4.39 Å². The first-order valence-corrected chi connectivity index (χ1v) is 6.31. The van der Waals surface area contributed by atoms with E-state index in [4.69, 9.17) is 5.11 Å². The average Bonchev–Trinajstić information content (AvgIpc) is 2.33. The number of halogens is 1. The van der Waals surface area contributed by atoms with Gasteiger partial charge >= 0.3 is 5.97 Å². The Morgan fingerprint density at radius 2 is 2.33 bits per heavy atom. The van der Waals surface area contributed by atoms with Gasteiger partial charge in [0.25, 0.3) is 0 Å². The number of carboxylic acids is 1. The van der Waals surface area contributed by atoms with Crippen molar-refractivity contribution in [2.24, 2.45) is 5.92 Å². The van der Waals surface area contributed by atoms with Gasteiger partial charge in [0.2, 0.25) is 0 Å². The van der Waals surface area contributed by atoms with E-state index in [-0.39, 0.29) is 5.56 Å². The molecule has 1 unspecified atom stereocenters. The SMILES string of the molecule is Cc1cc(F)c(C(=O)O)cc1CC1CCCNC1. The van der Waals surface area contributed by atoms with Crippen molar-refractivity contribution < 1.29 is 14.3 Å². The van der Waals surface area contributed by atoms with E-state index in [9.17, 15) is 9.18 Å². The zero-order chi connectivity index (χ0) is 13.1. The molecule has 0 radical (unpaired) electrons. The summed E-state index contributed by atoms with van der Waals surface area (Å²) < 4.78 is 13.5. The lowest BCUT2D eigenvalue weighted by Gasteiger charge is -2.23. The molecule has 2 rings (SSSR count). The van der Waals surface area contributed by atoms with E-state index in [0.717, 1.165) is 43.5 Å². The van der Waals surface area contributed by atoms with E-state index < -0.39 is 11.8 Å². The molecule has 0 saturated carbocycles. The molecule has 1 aliphatic rings. The molecule has 0 aromatic heterocycles. The number of aryl methyl sites for hydroxylation is 1. The van der Waals surface area contributed by atoms with Crippen molar-refractivity contribution in [3.63, 3.8) is 0 Å². The van der Waals surface area contributed by atoms with Gasteiger partial charge in [-0.25, -0.2) is 9.18 Å². The van der Waals surface area contributed by atoms with Gasteiger partial charge < -0.3 is 10.4 Å². The molecule has 1 aromatic rings. The first-order valence-electron chi connectivity index (χ1n) is 6.31. The van der Waals surface area contributed by atoms with Crippen molar-refractivity contribution in [1.82, 2.24) is 5.32 Å². The number of carboxylic acid groups (broad SMARTS) is 1. The van der Waals surface area contributed by atoms with Gasteiger partial charge in [0.05, 0.1) is 5.56 Å². The molecule has 1 atom stereocenters. The summed E-state index contributed by atoms with van der Waals surface area (Å²) >= 11 is 0. The Balaban J connectivity index is 2.21. The predicted octanol–water partition coefficient (Wildman–Crippen LogP) is 2.37. The third-order valence-electron chi connectivity index (χ3n) is 3.56. The molecule has 1 aliphatic heterocycles. The highest BCUT2D eigenvalue weighted by atomic mass is 19.1. The molecule has 1 heterocycles. The highest BCUT2D eigenvalue weighted by Gasteiger charge is 2.18. The summed E-state index contributed by atoms with van der Waals surface area (Å²) in [5, 5.41) is 12.3. The minimum absolute atomic E-state index is 0.223. The van der Waals surface area contributed by atoms with E-state index in [2.05, 4.69) is 5.32 Å². The highest BCUT2D eigenvalue weighted by Crippen LogP contribution is 2.22. The van der Waals surface area contributed by atoms with Gasteiger partial charge in [0.15, 0.2) is 0 Å². The summed E-state index contributed by atoms with van der Waals surface area (Å²) in [7, 11) is 0. The van der Waals surface area contributed by atoms with Crippen molar-refractivity contribution in [3.05, 3.63) is 34.6 Å². The van der Waals surface area contributed by atoms with Crippen molar-refractivity contribution >= 4 is 5.97 Å². The smallest absolute Gasteiger partial charge is 0.338 e. The minimum atomic E-state index is -1.20. The van der Waals surface area contributed by atoms with Crippen LogP contribution < -0.4 is 5.32 Å². The first kappa shape index (κ1) is 13.0. The monoisotopic (exact) mass is 251 g/mol. The molecular weight excluding hydrogens is 233 g/mol. The normalized spacial score (nSPS) is 19.8. The van der Waals surface area contributed by atoms with Crippen LogP contribution in [0.3, 0.4) is 0 Å². The van der Waals surface area contributed by atoms with Crippen LogP contribution in [-0.4, -0.2) is 24.2 Å². The molecule has 0 bridgehead atoms. The van der Waals surface area contributed by atoms with Gasteiger partial charge in [-0.1, -0.05) is 0 Å². The van der Waals surface area contributed by atoms with E-state index in [1.807, 2.05) is 6.92 Å². The Kier molecular flexibility index (Phi) is 3.97. The van der Waals surface area contributed by atoms with E-state index in [1.165, 1.54) is 12.1 Å². The van der Waals surface area contributed by atoms with Crippen LogP contribution in [0.2, 0.25) is 0 Å². The van der Waals surface area contributed by atoms with E-state index in [1.54, 1.807) is 0 Å². The number of rotatable bonds is 3. The van der Waals surface area contributed by atoms with Crippen LogP contribution in [0, 0.1) is 18.7 Å². The minimum Gasteiger partial charge on any atom is -0.478 e. The summed E-state index contributed by atoms with van der Waals surface area (Å²) in [5.41, 5.74) is 1.56. The lowest BCUT2D eigenvalue weighted by molar-refractivity contribution is 0.0691. The number of piperidine rings is 1. The standard InChI is InChI=1S/C14H18FNO2/c1-9-5-13(15)12(14(17)18)7-11(9)6-10-3-2-4-16-8-10/h5,7,10,16H,2-4,6,8H2,1H3,(H,17,18). The topological polar surface area (TPSA) is 49.3 Å². The number of aromatic carboxylic acids is 1. The molecule has 4 heteroatoms. The fraction of sp³-hybridized carbons (Fsp3) is 0.500. The second-order valence-electron chi connectivity index (χ2n) is 4.98. The maximum Gasteiger partial charge on any atom is 0.338 e. The summed E-state index contributed by atoms with van der Waals surface area (Å²) in [5.74, 6) is -1.33. The molecule has 3 nitrogen and oxygen atoms in total. The second-order valence-corrected chi connectivity index (χ2v) is 4.98. The zero-order valence-electron chi connectivity index (χ0n) is 10.5. The van der Waals surface area contributed by atoms with Crippen molar-refractivity contribution in [3.8, 4) is 0 Å². The Bertz CT molecular complexity index is 453. The summed E-state index contributed by atoms with van der Waals surface area (Å²) in [6.07, 6.45) is 3.11. The average molecular weight is 251 g/mol. The number of carbonyl (C=O) groups is 1. The summed E-state index contributed by atoms with van der Waals surface area (Å²) in [6, 6.07) is 2.82. The van der Waals surface area contributed by atoms with E-state index in [0.29, 0.717) is 5.92 Å². The van der Waals surface area contributed by atoms with Gasteiger partial charge in [-0.2, -0.15) is 0 Å². The maximum atomic E-state index is 13.5. The Morgan fingerprint density at radius 1 is 1.56 bits per heavy atom. The molecule has 1 saturated heterocycles. The quantitative estimate of drug-likeness (QED) is 0.867. The Hall–Kier alpha value is -1.42. The van der Waals surface area contributed by atoms with Gasteiger partial charge in [0.1, 0.15) is 5.82 Å². The van der Waals surface area contributed by atoms with Crippen LogP contribution in [0.1, 0.15) is 34.3 Å². The van der Waals surface area contributed by atoms with Gasteiger partial charge in [-0.15, -0.1) is 0 Å². The molecule has 2 N–H and O–H groups in total. The summed E-state index contributed by atoms with van der Waals surface area (Å²) in [6.45, 7) is 3.85. The fourth-order valence-corrected chi connectivity index (χ4v) is 2.51. The Labute approximate surface area is 106 Å². The predicted molar refractivity (Wildman–Crippen MR) is 67.4 cm³/mol. The molecule has 98 valence electrons. The lowest BCUT2D eigenvalue weighted by Crippen LogP contribution is -2.31. The molecule has 18 heavy (non-hydrogen) atoms.